The molecule has 0 bridgehead atoms. The number of ether oxygens (including phenoxy) is 1. The molecular formula is C18H17N2O2+. The number of benzene rings is 1. The monoisotopic (exact) mass is 293 g/mol. The number of nitrogens with zero attached hydrogens (tertiary/aromatic N) is 2. The van der Waals surface area contributed by atoms with Crippen molar-refractivity contribution >= 4 is 0 Å². The molecule has 0 saturated heterocycles. The third-order valence-corrected chi connectivity index (χ3v) is 4.13. The first-order valence-electron chi connectivity index (χ1n) is 7.38. The quantitative estimate of drug-likeness (QED) is 0.682. The molecule has 0 amide bonds. The van der Waals surface area contributed by atoms with Gasteiger partial charge in [0.1, 0.15) is 12.8 Å². The maximum Gasteiger partial charge on any atom is 0.227 e. The average molecular weight is 293 g/mol. The lowest BCUT2D eigenvalue weighted by atomic mass is 9.92. The van der Waals surface area contributed by atoms with Crippen LogP contribution in [0.15, 0.2) is 47.1 Å². The van der Waals surface area contributed by atoms with Gasteiger partial charge in [-0.1, -0.05) is 12.1 Å². The lowest BCUT2D eigenvalue weighted by molar-refractivity contribution is -0.671. The van der Waals surface area contributed by atoms with Crippen LogP contribution in [0.3, 0.4) is 0 Å². The number of methoxy groups -OCH3 is 1. The molecule has 0 N–H and O–H groups in total. The van der Waals surface area contributed by atoms with Crippen molar-refractivity contribution in [3.63, 3.8) is 0 Å². The Morgan fingerprint density at radius 3 is 2.73 bits per heavy atom. The summed E-state index contributed by atoms with van der Waals surface area (Å²) in [5.74, 6) is 2.48. The first kappa shape index (κ1) is 13.1. The molecule has 4 nitrogen and oxygen atoms in total. The predicted octanol–water partition coefficient (Wildman–Crippen LogP) is 2.94. The van der Waals surface area contributed by atoms with Gasteiger partial charge in [-0.15, -0.1) is 0 Å². The number of fused-ring (bicyclic) bond motifs is 3. The summed E-state index contributed by atoms with van der Waals surface area (Å²) >= 11 is 0. The average Bonchev–Trinajstić information content (AvgIpc) is 2.99. The number of rotatable bonds is 2. The fourth-order valence-electron chi connectivity index (χ4n) is 2.97. The smallest absolute Gasteiger partial charge is 0.227 e. The highest BCUT2D eigenvalue weighted by Crippen LogP contribution is 2.39. The van der Waals surface area contributed by atoms with Gasteiger partial charge in [0.25, 0.3) is 0 Å². The minimum Gasteiger partial charge on any atom is -0.496 e. The van der Waals surface area contributed by atoms with Crippen LogP contribution in [0, 0.1) is 0 Å². The zero-order valence-corrected chi connectivity index (χ0v) is 12.7. The SMILES string of the molecule is COc1cccc2c1CCc1nc(-c3cc[n+](C)cc3)oc1-2. The van der Waals surface area contributed by atoms with E-state index in [0.717, 1.165) is 41.2 Å². The molecule has 2 aromatic heterocycles. The predicted molar refractivity (Wildman–Crippen MR) is 82.5 cm³/mol. The molecule has 0 unspecified atom stereocenters. The molecule has 0 spiro atoms. The van der Waals surface area contributed by atoms with Gasteiger partial charge < -0.3 is 9.15 Å². The van der Waals surface area contributed by atoms with Gasteiger partial charge in [-0.3, -0.25) is 0 Å². The van der Waals surface area contributed by atoms with Gasteiger partial charge in [-0.25, -0.2) is 9.55 Å². The molecule has 0 atom stereocenters. The van der Waals surface area contributed by atoms with Crippen molar-refractivity contribution in [2.45, 2.75) is 12.8 Å². The van der Waals surface area contributed by atoms with E-state index >= 15 is 0 Å². The van der Waals surface area contributed by atoms with Crippen LogP contribution in [-0.2, 0) is 19.9 Å². The minimum atomic E-state index is 0.682. The van der Waals surface area contributed by atoms with Crippen LogP contribution in [0.25, 0.3) is 22.8 Å². The van der Waals surface area contributed by atoms with Crippen molar-refractivity contribution in [1.29, 1.82) is 0 Å². The van der Waals surface area contributed by atoms with Crippen LogP contribution in [0.4, 0.5) is 0 Å². The summed E-state index contributed by atoms with van der Waals surface area (Å²) in [5.41, 5.74) is 4.33. The molecule has 3 aromatic rings. The number of hydrogen-bond donors (Lipinski definition) is 0. The Kier molecular flexibility index (Phi) is 2.96. The summed E-state index contributed by atoms with van der Waals surface area (Å²) in [6.07, 6.45) is 5.81. The molecule has 0 aliphatic heterocycles. The fraction of sp³-hybridized carbons (Fsp3) is 0.222. The second-order valence-electron chi connectivity index (χ2n) is 5.53. The van der Waals surface area contributed by atoms with Gasteiger partial charge in [0.05, 0.1) is 12.8 Å². The van der Waals surface area contributed by atoms with E-state index in [9.17, 15) is 0 Å². The van der Waals surface area contributed by atoms with Crippen LogP contribution >= 0.6 is 0 Å². The van der Waals surface area contributed by atoms with Gasteiger partial charge in [0, 0.05) is 28.8 Å². The fourth-order valence-corrected chi connectivity index (χ4v) is 2.97. The van der Waals surface area contributed by atoms with Gasteiger partial charge in [0.2, 0.25) is 5.89 Å². The summed E-state index contributed by atoms with van der Waals surface area (Å²) in [6, 6.07) is 10.1. The Bertz CT molecular complexity index is 835. The van der Waals surface area contributed by atoms with E-state index in [-0.39, 0.29) is 0 Å². The van der Waals surface area contributed by atoms with Crippen molar-refractivity contribution in [2.75, 3.05) is 7.11 Å². The molecule has 110 valence electrons. The van der Waals surface area contributed by atoms with E-state index in [1.165, 1.54) is 5.56 Å². The Morgan fingerprint density at radius 2 is 1.95 bits per heavy atom. The molecule has 4 rings (SSSR count). The minimum absolute atomic E-state index is 0.682. The second-order valence-corrected chi connectivity index (χ2v) is 5.53. The van der Waals surface area contributed by atoms with Crippen LogP contribution in [-0.4, -0.2) is 12.1 Å². The zero-order chi connectivity index (χ0) is 15.1. The number of pyridine rings is 1. The molecule has 22 heavy (non-hydrogen) atoms. The lowest BCUT2D eigenvalue weighted by Gasteiger charge is -2.16. The van der Waals surface area contributed by atoms with Crippen LogP contribution in [0.5, 0.6) is 5.75 Å². The summed E-state index contributed by atoms with van der Waals surface area (Å²) in [6.45, 7) is 0. The summed E-state index contributed by atoms with van der Waals surface area (Å²) in [5, 5.41) is 0. The summed E-state index contributed by atoms with van der Waals surface area (Å²) in [7, 11) is 3.70. The Hall–Kier alpha value is -2.62. The van der Waals surface area contributed by atoms with E-state index < -0.39 is 0 Å². The highest BCUT2D eigenvalue weighted by atomic mass is 16.5. The first-order valence-corrected chi connectivity index (χ1v) is 7.38. The van der Waals surface area contributed by atoms with E-state index in [0.29, 0.717) is 5.89 Å². The summed E-state index contributed by atoms with van der Waals surface area (Å²) < 4.78 is 13.5. The maximum atomic E-state index is 6.08. The van der Waals surface area contributed by atoms with Crippen LogP contribution < -0.4 is 9.30 Å². The van der Waals surface area contributed by atoms with Crippen molar-refractivity contribution in [3.05, 3.63) is 54.0 Å². The van der Waals surface area contributed by atoms with Crippen molar-refractivity contribution in [3.8, 4) is 28.5 Å². The van der Waals surface area contributed by atoms with Crippen molar-refractivity contribution in [1.82, 2.24) is 4.98 Å². The third-order valence-electron chi connectivity index (χ3n) is 4.13. The van der Waals surface area contributed by atoms with Gasteiger partial charge in [-0.2, -0.15) is 0 Å². The molecule has 0 radical (unpaired) electrons. The van der Waals surface area contributed by atoms with Crippen molar-refractivity contribution in [2.24, 2.45) is 7.05 Å². The molecule has 4 heteroatoms. The van der Waals surface area contributed by atoms with E-state index in [1.54, 1.807) is 7.11 Å². The molecule has 1 aliphatic carbocycles. The number of hydrogen-bond acceptors (Lipinski definition) is 3. The molecule has 1 aliphatic rings. The molecule has 2 heterocycles. The topological polar surface area (TPSA) is 39.1 Å². The van der Waals surface area contributed by atoms with Gasteiger partial charge >= 0.3 is 0 Å². The number of oxazole rings is 1. The van der Waals surface area contributed by atoms with Crippen molar-refractivity contribution < 1.29 is 13.7 Å². The number of aromatic nitrogens is 2. The largest absolute Gasteiger partial charge is 0.496 e. The standard InChI is InChI=1S/C18H17N2O2/c1-20-10-8-12(9-11-20)18-19-15-7-6-13-14(17(15)22-18)4-3-5-16(13)21-2/h3-5,8-11H,6-7H2,1-2H3/q+1. The Morgan fingerprint density at radius 1 is 1.14 bits per heavy atom. The zero-order valence-electron chi connectivity index (χ0n) is 12.7. The highest BCUT2D eigenvalue weighted by molar-refractivity contribution is 5.71. The first-order chi connectivity index (χ1) is 10.8. The Labute approximate surface area is 129 Å². The molecule has 0 fully saturated rings. The Balaban J connectivity index is 1.83. The number of aryl methyl sites for hydroxylation is 2. The van der Waals surface area contributed by atoms with Gasteiger partial charge in [0.15, 0.2) is 18.2 Å². The molecular weight excluding hydrogens is 276 g/mol. The van der Waals surface area contributed by atoms with E-state index in [2.05, 4.69) is 11.1 Å². The summed E-state index contributed by atoms with van der Waals surface area (Å²) in [4.78, 5) is 4.69. The highest BCUT2D eigenvalue weighted by Gasteiger charge is 2.25. The molecule has 1 aromatic carbocycles. The second kappa shape index (κ2) is 4.98. The van der Waals surface area contributed by atoms with Gasteiger partial charge in [-0.05, 0) is 18.9 Å². The van der Waals surface area contributed by atoms with E-state index in [4.69, 9.17) is 9.15 Å². The third kappa shape index (κ3) is 1.99. The van der Waals surface area contributed by atoms with E-state index in [1.807, 2.05) is 48.3 Å². The molecule has 0 saturated carbocycles. The lowest BCUT2D eigenvalue weighted by Crippen LogP contribution is -2.25. The maximum absolute atomic E-state index is 6.08. The van der Waals surface area contributed by atoms with Crippen LogP contribution in [0.1, 0.15) is 11.3 Å². The van der Waals surface area contributed by atoms with Crippen LogP contribution in [0.2, 0.25) is 0 Å². The normalized spacial score (nSPS) is 12.6.